The van der Waals surface area contributed by atoms with Crippen molar-refractivity contribution in [3.05, 3.63) is 75.5 Å². The van der Waals surface area contributed by atoms with Gasteiger partial charge < -0.3 is 0 Å². The molecule has 0 atom stereocenters. The summed E-state index contributed by atoms with van der Waals surface area (Å²) < 4.78 is 27.7. The molecule has 31 heavy (non-hydrogen) atoms. The molecule has 1 N–H and O–H groups in total. The average Bonchev–Trinajstić information content (AvgIpc) is 3.01. The van der Waals surface area contributed by atoms with E-state index in [0.29, 0.717) is 11.3 Å². The molecule has 8 nitrogen and oxygen atoms in total. The van der Waals surface area contributed by atoms with Crippen molar-refractivity contribution in [1.29, 1.82) is 0 Å². The number of hydrogen-bond donors (Lipinski definition) is 1. The number of carbonyl (C=O) groups excluding carboxylic acids is 1. The summed E-state index contributed by atoms with van der Waals surface area (Å²) in [7, 11) is -3.67. The Balaban J connectivity index is 1.73. The van der Waals surface area contributed by atoms with Gasteiger partial charge in [-0.2, -0.15) is 10.2 Å². The molecular formula is C20H19BrClN5O3S. The zero-order chi connectivity index (χ0) is 22.6. The molecular weight excluding hydrogens is 506 g/mol. The number of nitrogens with zero attached hydrogens (tertiary/aromatic N) is 4. The number of halogens is 2. The number of sulfonamides is 1. The van der Waals surface area contributed by atoms with E-state index < -0.39 is 22.5 Å². The van der Waals surface area contributed by atoms with Crippen molar-refractivity contribution in [1.82, 2.24) is 15.2 Å². The summed E-state index contributed by atoms with van der Waals surface area (Å²) in [5.74, 6) is -0.603. The predicted octanol–water partition coefficient (Wildman–Crippen LogP) is 3.51. The van der Waals surface area contributed by atoms with Crippen LogP contribution in [0.3, 0.4) is 0 Å². The van der Waals surface area contributed by atoms with Crippen LogP contribution in [0.5, 0.6) is 0 Å². The maximum Gasteiger partial charge on any atom is 0.260 e. The highest BCUT2D eigenvalue weighted by Gasteiger charge is 2.20. The summed E-state index contributed by atoms with van der Waals surface area (Å²) in [6.07, 6.45) is 2.42. The van der Waals surface area contributed by atoms with E-state index in [9.17, 15) is 13.2 Å². The molecule has 2 aromatic carbocycles. The van der Waals surface area contributed by atoms with E-state index in [-0.39, 0.29) is 5.15 Å². The van der Waals surface area contributed by atoms with Gasteiger partial charge in [0.1, 0.15) is 6.54 Å². The van der Waals surface area contributed by atoms with Crippen molar-refractivity contribution in [3.8, 4) is 5.69 Å². The van der Waals surface area contributed by atoms with Crippen LogP contribution in [0, 0.1) is 6.92 Å². The lowest BCUT2D eigenvalue weighted by Crippen LogP contribution is -2.39. The zero-order valence-electron chi connectivity index (χ0n) is 16.7. The smallest absolute Gasteiger partial charge is 0.260 e. The molecule has 3 aromatic rings. The molecule has 0 spiro atoms. The Bertz CT molecular complexity index is 1210. The van der Waals surface area contributed by atoms with Crippen molar-refractivity contribution < 1.29 is 13.2 Å². The van der Waals surface area contributed by atoms with Crippen LogP contribution < -0.4 is 9.73 Å². The molecule has 3 rings (SSSR count). The molecule has 0 saturated carbocycles. The molecule has 1 aromatic heterocycles. The Morgan fingerprint density at radius 3 is 2.48 bits per heavy atom. The highest BCUT2D eigenvalue weighted by atomic mass is 79.9. The number of benzene rings is 2. The molecule has 1 amide bonds. The summed E-state index contributed by atoms with van der Waals surface area (Å²) in [4.78, 5) is 12.3. The van der Waals surface area contributed by atoms with Gasteiger partial charge in [-0.15, -0.1) is 0 Å². The van der Waals surface area contributed by atoms with E-state index in [2.05, 4.69) is 31.6 Å². The molecule has 1 heterocycles. The Kier molecular flexibility index (Phi) is 7.14. The topological polar surface area (TPSA) is 96.7 Å². The van der Waals surface area contributed by atoms with Crippen LogP contribution >= 0.6 is 27.5 Å². The number of anilines is 1. The van der Waals surface area contributed by atoms with Gasteiger partial charge in [-0.05, 0) is 43.3 Å². The lowest BCUT2D eigenvalue weighted by molar-refractivity contribution is -0.119. The maximum atomic E-state index is 12.3. The fraction of sp³-hybridized carbons (Fsp3) is 0.150. The zero-order valence-corrected chi connectivity index (χ0v) is 19.8. The van der Waals surface area contributed by atoms with Gasteiger partial charge in [-0.25, -0.2) is 18.5 Å². The number of aromatic nitrogens is 2. The van der Waals surface area contributed by atoms with Gasteiger partial charge in [-0.3, -0.25) is 9.10 Å². The average molecular weight is 525 g/mol. The second kappa shape index (κ2) is 9.63. The quantitative estimate of drug-likeness (QED) is 0.378. The molecule has 162 valence electrons. The Morgan fingerprint density at radius 1 is 1.23 bits per heavy atom. The summed E-state index contributed by atoms with van der Waals surface area (Å²) in [6.45, 7) is 1.40. The first-order valence-electron chi connectivity index (χ1n) is 9.02. The van der Waals surface area contributed by atoms with Gasteiger partial charge in [0.15, 0.2) is 5.15 Å². The van der Waals surface area contributed by atoms with E-state index in [1.165, 1.54) is 6.21 Å². The Labute approximate surface area is 193 Å². The number of hydrogen-bond acceptors (Lipinski definition) is 5. The Morgan fingerprint density at radius 2 is 1.87 bits per heavy atom. The molecule has 0 radical (unpaired) electrons. The van der Waals surface area contributed by atoms with Crippen LogP contribution in [-0.4, -0.2) is 43.1 Å². The third-order valence-corrected chi connectivity index (χ3v) is 6.25. The van der Waals surface area contributed by atoms with Gasteiger partial charge in [0.25, 0.3) is 5.91 Å². The first kappa shape index (κ1) is 23.0. The normalized spacial score (nSPS) is 11.6. The van der Waals surface area contributed by atoms with E-state index in [4.69, 9.17) is 11.6 Å². The first-order chi connectivity index (χ1) is 14.7. The summed E-state index contributed by atoms with van der Waals surface area (Å²) in [6, 6.07) is 16.0. The fourth-order valence-corrected chi connectivity index (χ4v) is 4.17. The third-order valence-electron chi connectivity index (χ3n) is 4.30. The first-order valence-corrected chi connectivity index (χ1v) is 12.0. The highest BCUT2D eigenvalue weighted by molar-refractivity contribution is 9.10. The van der Waals surface area contributed by atoms with Crippen molar-refractivity contribution in [2.24, 2.45) is 5.10 Å². The second-order valence-corrected chi connectivity index (χ2v) is 9.76. The van der Waals surface area contributed by atoms with Crippen LogP contribution in [0.25, 0.3) is 5.69 Å². The van der Waals surface area contributed by atoms with Gasteiger partial charge in [0, 0.05) is 4.47 Å². The summed E-state index contributed by atoms with van der Waals surface area (Å²) in [5, 5.41) is 8.44. The van der Waals surface area contributed by atoms with Crippen LogP contribution in [0.15, 0.2) is 64.2 Å². The molecule has 0 fully saturated rings. The molecule has 0 bridgehead atoms. The van der Waals surface area contributed by atoms with Crippen LogP contribution in [0.1, 0.15) is 11.3 Å². The molecule has 0 saturated heterocycles. The number of nitrogens with one attached hydrogen (secondary N) is 1. The lowest BCUT2D eigenvalue weighted by atomic mass is 10.2. The van der Waals surface area contributed by atoms with Crippen LogP contribution in [0.2, 0.25) is 5.15 Å². The van der Waals surface area contributed by atoms with Crippen LogP contribution in [-0.2, 0) is 14.8 Å². The maximum absolute atomic E-state index is 12.3. The third kappa shape index (κ3) is 5.72. The van der Waals surface area contributed by atoms with Crippen molar-refractivity contribution in [2.75, 3.05) is 17.1 Å². The van der Waals surface area contributed by atoms with Crippen molar-refractivity contribution in [2.45, 2.75) is 6.92 Å². The summed E-state index contributed by atoms with van der Waals surface area (Å²) in [5.41, 5.74) is 4.82. The minimum Gasteiger partial charge on any atom is -0.271 e. The van der Waals surface area contributed by atoms with E-state index >= 15 is 0 Å². The number of para-hydroxylation sites is 1. The highest BCUT2D eigenvalue weighted by Crippen LogP contribution is 2.21. The lowest BCUT2D eigenvalue weighted by Gasteiger charge is -2.21. The van der Waals surface area contributed by atoms with Gasteiger partial charge in [-0.1, -0.05) is 45.7 Å². The molecule has 0 unspecified atom stereocenters. The number of hydrazone groups is 1. The predicted molar refractivity (Wildman–Crippen MR) is 125 cm³/mol. The monoisotopic (exact) mass is 523 g/mol. The van der Waals surface area contributed by atoms with Crippen molar-refractivity contribution >= 4 is 55.4 Å². The second-order valence-electron chi connectivity index (χ2n) is 6.58. The van der Waals surface area contributed by atoms with Gasteiger partial charge in [0.05, 0.1) is 35.1 Å². The van der Waals surface area contributed by atoms with Gasteiger partial charge in [0.2, 0.25) is 10.0 Å². The fourth-order valence-electron chi connectivity index (χ4n) is 2.79. The van der Waals surface area contributed by atoms with Crippen molar-refractivity contribution in [3.63, 3.8) is 0 Å². The SMILES string of the molecule is Cc1c(/C=N\NC(=O)CN(c2ccc(Br)cc2)S(C)(=O)=O)c(Cl)nn1-c1ccccc1. The minimum atomic E-state index is -3.67. The van der Waals surface area contributed by atoms with Crippen LogP contribution in [0.4, 0.5) is 5.69 Å². The molecule has 0 aliphatic rings. The van der Waals surface area contributed by atoms with Gasteiger partial charge >= 0.3 is 0 Å². The number of carbonyl (C=O) groups is 1. The Hall–Kier alpha value is -2.69. The molecule has 0 aliphatic carbocycles. The van der Waals surface area contributed by atoms with E-state index in [1.807, 2.05) is 37.3 Å². The largest absolute Gasteiger partial charge is 0.271 e. The molecule has 0 aliphatic heterocycles. The minimum absolute atomic E-state index is 0.229. The van der Waals surface area contributed by atoms with E-state index in [1.54, 1.807) is 28.9 Å². The molecule has 11 heteroatoms. The number of amides is 1. The standard InChI is InChI=1S/C20H19BrClN5O3S/c1-14-18(20(22)25-27(14)17-6-4-3-5-7-17)12-23-24-19(28)13-26(31(2,29)30)16-10-8-15(21)9-11-16/h3-12H,13H2,1-2H3,(H,24,28)/b23-12-. The summed E-state index contributed by atoms with van der Waals surface area (Å²) >= 11 is 9.52. The number of rotatable bonds is 7. The van der Waals surface area contributed by atoms with E-state index in [0.717, 1.165) is 26.4 Å².